The predicted octanol–water partition coefficient (Wildman–Crippen LogP) is 3.78. The predicted molar refractivity (Wildman–Crippen MR) is 119 cm³/mol. The van der Waals surface area contributed by atoms with Crippen LogP contribution in [0.5, 0.6) is 0 Å². The Labute approximate surface area is 177 Å². The fourth-order valence-electron chi connectivity index (χ4n) is 2.43. The minimum absolute atomic E-state index is 0.442. The monoisotopic (exact) mass is 417 g/mol. The van der Waals surface area contributed by atoms with Crippen LogP contribution in [0.2, 0.25) is 0 Å². The highest BCUT2D eigenvalue weighted by molar-refractivity contribution is 7.13. The van der Waals surface area contributed by atoms with Crippen LogP contribution >= 0.6 is 11.3 Å². The summed E-state index contributed by atoms with van der Waals surface area (Å²) in [5.74, 6) is 0.637. The van der Waals surface area contributed by atoms with Crippen LogP contribution in [-0.4, -0.2) is 41.8 Å². The van der Waals surface area contributed by atoms with Gasteiger partial charge < -0.3 is 20.7 Å². The molecule has 0 spiro atoms. The summed E-state index contributed by atoms with van der Waals surface area (Å²) < 4.78 is 5.32. The molecule has 2 aromatic rings. The number of hydrogen-bond acceptors (Lipinski definition) is 5. The molecule has 3 N–H and O–H groups in total. The number of carbonyl (C=O) groups is 1. The van der Waals surface area contributed by atoms with Crippen molar-refractivity contribution in [2.24, 2.45) is 4.99 Å². The lowest BCUT2D eigenvalue weighted by atomic mass is 10.1. The van der Waals surface area contributed by atoms with Gasteiger partial charge in [0.1, 0.15) is 10.6 Å². The van der Waals surface area contributed by atoms with E-state index in [1.807, 2.05) is 58.2 Å². The Hall–Kier alpha value is -2.61. The smallest absolute Gasteiger partial charge is 0.408 e. The third kappa shape index (κ3) is 8.11. The van der Waals surface area contributed by atoms with Crippen molar-refractivity contribution in [3.63, 3.8) is 0 Å². The Morgan fingerprint density at radius 3 is 2.45 bits per heavy atom. The standard InChI is InChI=1S/C21H31N5O2S/c1-20(2,3)28-19(27)26-21(4,5)14-24-18(22-6)23-12-16-13-29-17(25-16)15-10-8-7-9-11-15/h7-11,13H,12,14H2,1-6H3,(H,26,27)(H2,22,23,24). The maximum absolute atomic E-state index is 12.0. The van der Waals surface area contributed by atoms with Crippen LogP contribution in [0, 0.1) is 0 Å². The van der Waals surface area contributed by atoms with Gasteiger partial charge in [-0.3, -0.25) is 4.99 Å². The maximum Gasteiger partial charge on any atom is 0.408 e. The number of ether oxygens (including phenoxy) is 1. The van der Waals surface area contributed by atoms with Crippen molar-refractivity contribution < 1.29 is 9.53 Å². The first-order valence-corrected chi connectivity index (χ1v) is 10.4. The quantitative estimate of drug-likeness (QED) is 0.492. The molecular weight excluding hydrogens is 386 g/mol. The zero-order valence-electron chi connectivity index (χ0n) is 18.0. The molecule has 0 saturated heterocycles. The first-order valence-electron chi connectivity index (χ1n) is 9.53. The first kappa shape index (κ1) is 22.7. The second-order valence-corrected chi connectivity index (χ2v) is 9.16. The lowest BCUT2D eigenvalue weighted by Gasteiger charge is -2.29. The summed E-state index contributed by atoms with van der Waals surface area (Å²) in [5, 5.41) is 12.4. The van der Waals surface area contributed by atoms with Crippen LogP contribution in [0.4, 0.5) is 4.79 Å². The molecule has 2 rings (SSSR count). The van der Waals surface area contributed by atoms with Gasteiger partial charge in [0.25, 0.3) is 0 Å². The summed E-state index contributed by atoms with van der Waals surface area (Å²) in [4.78, 5) is 20.9. The van der Waals surface area contributed by atoms with E-state index in [1.54, 1.807) is 18.4 Å². The fourth-order valence-corrected chi connectivity index (χ4v) is 3.25. The van der Waals surface area contributed by atoms with Crippen molar-refractivity contribution in [1.29, 1.82) is 0 Å². The minimum atomic E-state index is -0.530. The summed E-state index contributed by atoms with van der Waals surface area (Å²) in [7, 11) is 1.71. The Morgan fingerprint density at radius 2 is 1.83 bits per heavy atom. The highest BCUT2D eigenvalue weighted by atomic mass is 32.1. The van der Waals surface area contributed by atoms with Crippen molar-refractivity contribution >= 4 is 23.4 Å². The van der Waals surface area contributed by atoms with Crippen molar-refractivity contribution in [1.82, 2.24) is 20.9 Å². The van der Waals surface area contributed by atoms with E-state index < -0.39 is 17.2 Å². The molecule has 158 valence electrons. The average molecular weight is 418 g/mol. The molecule has 0 saturated carbocycles. The van der Waals surface area contributed by atoms with Crippen LogP contribution < -0.4 is 16.0 Å². The second-order valence-electron chi connectivity index (χ2n) is 8.30. The van der Waals surface area contributed by atoms with Gasteiger partial charge in [0, 0.05) is 24.5 Å². The average Bonchev–Trinajstić information content (AvgIpc) is 3.09. The van der Waals surface area contributed by atoms with Crippen LogP contribution in [0.15, 0.2) is 40.7 Å². The molecule has 1 aromatic heterocycles. The topological polar surface area (TPSA) is 87.6 Å². The number of carbonyl (C=O) groups excluding carboxylic acids is 1. The Balaban J connectivity index is 1.83. The van der Waals surface area contributed by atoms with Gasteiger partial charge in [0.15, 0.2) is 5.96 Å². The van der Waals surface area contributed by atoms with E-state index in [9.17, 15) is 4.79 Å². The number of nitrogens with zero attached hydrogens (tertiary/aromatic N) is 2. The number of alkyl carbamates (subject to hydrolysis) is 1. The molecule has 0 aliphatic carbocycles. The molecule has 0 aliphatic rings. The second kappa shape index (κ2) is 9.73. The van der Waals surface area contributed by atoms with Crippen molar-refractivity contribution in [3.05, 3.63) is 41.4 Å². The number of hydrogen-bond donors (Lipinski definition) is 3. The van der Waals surface area contributed by atoms with Gasteiger partial charge in [-0.2, -0.15) is 0 Å². The number of benzene rings is 1. The van der Waals surface area contributed by atoms with E-state index in [0.717, 1.165) is 16.3 Å². The molecule has 0 radical (unpaired) electrons. The van der Waals surface area contributed by atoms with Crippen LogP contribution in [0.3, 0.4) is 0 Å². The van der Waals surface area contributed by atoms with Crippen molar-refractivity contribution in [2.75, 3.05) is 13.6 Å². The number of rotatable bonds is 6. The Bertz CT molecular complexity index is 825. The molecule has 1 heterocycles. The largest absolute Gasteiger partial charge is 0.444 e. The molecule has 7 nitrogen and oxygen atoms in total. The van der Waals surface area contributed by atoms with Gasteiger partial charge >= 0.3 is 6.09 Å². The summed E-state index contributed by atoms with van der Waals surface area (Å²) in [6.07, 6.45) is -0.442. The Kier molecular flexibility index (Phi) is 7.61. The van der Waals surface area contributed by atoms with Crippen LogP contribution in [0.1, 0.15) is 40.3 Å². The summed E-state index contributed by atoms with van der Waals surface area (Å²) >= 11 is 1.62. The molecule has 0 fully saturated rings. The Morgan fingerprint density at radius 1 is 1.14 bits per heavy atom. The molecule has 1 amide bonds. The molecule has 0 atom stereocenters. The van der Waals surface area contributed by atoms with E-state index in [4.69, 9.17) is 4.74 Å². The third-order valence-corrected chi connectivity index (χ3v) is 4.71. The molecule has 0 unspecified atom stereocenters. The normalized spacial score (nSPS) is 12.4. The maximum atomic E-state index is 12.0. The first-order chi connectivity index (χ1) is 13.6. The van der Waals surface area contributed by atoms with Gasteiger partial charge in [-0.15, -0.1) is 11.3 Å². The van der Waals surface area contributed by atoms with E-state index >= 15 is 0 Å². The third-order valence-electron chi connectivity index (χ3n) is 3.77. The fraction of sp³-hybridized carbons (Fsp3) is 0.476. The summed E-state index contributed by atoms with van der Waals surface area (Å²) in [5.41, 5.74) is 1.02. The van der Waals surface area contributed by atoms with Gasteiger partial charge in [0.05, 0.1) is 17.8 Å². The summed E-state index contributed by atoms with van der Waals surface area (Å²) in [6.45, 7) is 10.4. The zero-order chi connectivity index (χ0) is 21.5. The minimum Gasteiger partial charge on any atom is -0.444 e. The van der Waals surface area contributed by atoms with Gasteiger partial charge in [-0.05, 0) is 34.6 Å². The van der Waals surface area contributed by atoms with Crippen molar-refractivity contribution in [2.45, 2.75) is 52.3 Å². The molecule has 8 heteroatoms. The number of guanidine groups is 1. The number of amides is 1. The molecular formula is C21H31N5O2S. The lowest BCUT2D eigenvalue weighted by Crippen LogP contribution is -2.54. The SMILES string of the molecule is CN=C(NCc1csc(-c2ccccc2)n1)NCC(C)(C)NC(=O)OC(C)(C)C. The number of aromatic nitrogens is 1. The molecule has 0 bridgehead atoms. The van der Waals surface area contributed by atoms with E-state index in [0.29, 0.717) is 19.0 Å². The number of thiazole rings is 1. The van der Waals surface area contributed by atoms with Crippen molar-refractivity contribution in [3.8, 4) is 10.6 Å². The molecule has 1 aromatic carbocycles. The number of aliphatic imine (C=N–C) groups is 1. The highest BCUT2D eigenvalue weighted by Gasteiger charge is 2.24. The van der Waals surface area contributed by atoms with Gasteiger partial charge in [-0.1, -0.05) is 30.3 Å². The number of nitrogens with one attached hydrogen (secondary N) is 3. The molecule has 29 heavy (non-hydrogen) atoms. The molecule has 0 aliphatic heterocycles. The van der Waals surface area contributed by atoms with E-state index in [2.05, 4.69) is 38.1 Å². The zero-order valence-corrected chi connectivity index (χ0v) is 18.8. The lowest BCUT2D eigenvalue weighted by molar-refractivity contribution is 0.0474. The summed E-state index contributed by atoms with van der Waals surface area (Å²) in [6, 6.07) is 10.1. The van der Waals surface area contributed by atoms with E-state index in [1.165, 1.54) is 0 Å². The van der Waals surface area contributed by atoms with Crippen LogP contribution in [0.25, 0.3) is 10.6 Å². The van der Waals surface area contributed by atoms with Gasteiger partial charge in [-0.25, -0.2) is 9.78 Å². The highest BCUT2D eigenvalue weighted by Crippen LogP contribution is 2.23. The van der Waals surface area contributed by atoms with Gasteiger partial charge in [0.2, 0.25) is 0 Å². The van der Waals surface area contributed by atoms with E-state index in [-0.39, 0.29) is 0 Å². The van der Waals surface area contributed by atoms with Crippen LogP contribution in [-0.2, 0) is 11.3 Å².